The zero-order chi connectivity index (χ0) is 12.7. The lowest BCUT2D eigenvalue weighted by Gasteiger charge is -2.18. The van der Waals surface area contributed by atoms with Crippen LogP contribution in [-0.2, 0) is 6.42 Å². The molecule has 0 aromatic heterocycles. The normalized spacial score (nSPS) is 13.8. The summed E-state index contributed by atoms with van der Waals surface area (Å²) in [6, 6.07) is 12.8. The van der Waals surface area contributed by atoms with E-state index in [-0.39, 0.29) is 11.7 Å². The average Bonchev–Trinajstić information content (AvgIpc) is 2.49. The Labute approximate surface area is 105 Å². The number of rotatable bonds is 0. The Morgan fingerprint density at radius 3 is 2.72 bits per heavy atom. The number of carbonyl (C=O) groups excluding carboxylic acids is 1. The van der Waals surface area contributed by atoms with Gasteiger partial charge in [0, 0.05) is 24.6 Å². The molecular weight excluding hydrogens is 226 g/mol. The van der Waals surface area contributed by atoms with Crippen LogP contribution in [0.4, 0.5) is 5.69 Å². The summed E-state index contributed by atoms with van der Waals surface area (Å²) in [5, 5.41) is 9.97. The van der Waals surface area contributed by atoms with E-state index in [2.05, 4.69) is 0 Å². The van der Waals surface area contributed by atoms with Gasteiger partial charge in [0.2, 0.25) is 0 Å². The van der Waals surface area contributed by atoms with Gasteiger partial charge in [0.15, 0.2) is 0 Å². The van der Waals surface area contributed by atoms with Gasteiger partial charge in [-0.3, -0.25) is 4.79 Å². The zero-order valence-corrected chi connectivity index (χ0v) is 10.1. The molecule has 1 N–H and O–H groups in total. The van der Waals surface area contributed by atoms with Gasteiger partial charge in [0.1, 0.15) is 5.75 Å². The number of amides is 1. The monoisotopic (exact) mass is 239 g/mol. The SMILES string of the molecule is CN1C(=O)c2ccccc2Cc2c(O)cccc21. The molecule has 90 valence electrons. The predicted octanol–water partition coefficient (Wildman–Crippen LogP) is 2.57. The predicted molar refractivity (Wildman–Crippen MR) is 70.1 cm³/mol. The van der Waals surface area contributed by atoms with E-state index in [9.17, 15) is 9.90 Å². The van der Waals surface area contributed by atoms with Gasteiger partial charge in [0.25, 0.3) is 5.91 Å². The molecule has 1 aliphatic heterocycles. The number of phenols is 1. The number of benzene rings is 2. The molecule has 0 spiro atoms. The van der Waals surface area contributed by atoms with E-state index in [0.29, 0.717) is 12.0 Å². The summed E-state index contributed by atoms with van der Waals surface area (Å²) in [5.41, 5.74) is 3.24. The molecule has 1 aliphatic rings. The van der Waals surface area contributed by atoms with Crippen LogP contribution in [0.2, 0.25) is 0 Å². The fourth-order valence-electron chi connectivity index (χ4n) is 2.42. The Balaban J connectivity index is 2.27. The van der Waals surface area contributed by atoms with Gasteiger partial charge in [-0.25, -0.2) is 0 Å². The third kappa shape index (κ3) is 1.48. The smallest absolute Gasteiger partial charge is 0.258 e. The summed E-state index contributed by atoms with van der Waals surface area (Å²) in [4.78, 5) is 14.0. The maximum atomic E-state index is 12.4. The molecule has 0 radical (unpaired) electrons. The molecule has 1 heterocycles. The number of phenolic OH excluding ortho intramolecular Hbond substituents is 1. The van der Waals surface area contributed by atoms with Crippen LogP contribution in [-0.4, -0.2) is 18.1 Å². The lowest BCUT2D eigenvalue weighted by molar-refractivity contribution is 0.0993. The van der Waals surface area contributed by atoms with Gasteiger partial charge >= 0.3 is 0 Å². The Morgan fingerprint density at radius 1 is 1.11 bits per heavy atom. The highest BCUT2D eigenvalue weighted by Crippen LogP contribution is 2.34. The van der Waals surface area contributed by atoms with Crippen LogP contribution in [0.1, 0.15) is 21.5 Å². The molecule has 3 rings (SSSR count). The van der Waals surface area contributed by atoms with Crippen LogP contribution in [0.5, 0.6) is 5.75 Å². The van der Waals surface area contributed by atoms with E-state index in [4.69, 9.17) is 0 Å². The Hall–Kier alpha value is -2.29. The number of nitrogens with zero attached hydrogens (tertiary/aromatic N) is 1. The molecular formula is C15H13NO2. The highest BCUT2D eigenvalue weighted by molar-refractivity contribution is 6.08. The van der Waals surface area contributed by atoms with Crippen LogP contribution in [0.15, 0.2) is 42.5 Å². The van der Waals surface area contributed by atoms with Crippen molar-refractivity contribution < 1.29 is 9.90 Å². The molecule has 0 unspecified atom stereocenters. The van der Waals surface area contributed by atoms with E-state index in [1.54, 1.807) is 24.1 Å². The van der Waals surface area contributed by atoms with E-state index in [1.165, 1.54) is 0 Å². The first-order valence-corrected chi connectivity index (χ1v) is 5.85. The minimum absolute atomic E-state index is 0.0325. The number of aromatic hydroxyl groups is 1. The van der Waals surface area contributed by atoms with Gasteiger partial charge in [-0.15, -0.1) is 0 Å². The lowest BCUT2D eigenvalue weighted by Crippen LogP contribution is -2.26. The van der Waals surface area contributed by atoms with Gasteiger partial charge in [-0.1, -0.05) is 24.3 Å². The fraction of sp³-hybridized carbons (Fsp3) is 0.133. The molecule has 2 aromatic rings. The second kappa shape index (κ2) is 3.88. The van der Waals surface area contributed by atoms with E-state index >= 15 is 0 Å². The maximum Gasteiger partial charge on any atom is 0.258 e. The molecule has 0 fully saturated rings. The summed E-state index contributed by atoms with van der Waals surface area (Å²) in [6.45, 7) is 0. The first kappa shape index (κ1) is 10.8. The van der Waals surface area contributed by atoms with Crippen LogP contribution < -0.4 is 4.90 Å². The van der Waals surface area contributed by atoms with Crippen molar-refractivity contribution in [3.05, 3.63) is 59.2 Å². The largest absolute Gasteiger partial charge is 0.508 e. The Kier molecular flexibility index (Phi) is 2.33. The molecule has 0 atom stereocenters. The van der Waals surface area contributed by atoms with Gasteiger partial charge in [0.05, 0.1) is 5.69 Å². The van der Waals surface area contributed by atoms with Crippen molar-refractivity contribution in [2.45, 2.75) is 6.42 Å². The third-order valence-electron chi connectivity index (χ3n) is 3.41. The lowest BCUT2D eigenvalue weighted by atomic mass is 10.00. The number of hydrogen-bond acceptors (Lipinski definition) is 2. The minimum atomic E-state index is -0.0325. The molecule has 0 aliphatic carbocycles. The average molecular weight is 239 g/mol. The van der Waals surface area contributed by atoms with Crippen molar-refractivity contribution in [1.82, 2.24) is 0 Å². The van der Waals surface area contributed by atoms with E-state index in [1.807, 2.05) is 30.3 Å². The van der Waals surface area contributed by atoms with Crippen molar-refractivity contribution in [3.8, 4) is 5.75 Å². The number of carbonyl (C=O) groups is 1. The molecule has 1 amide bonds. The molecule has 3 heteroatoms. The number of hydrogen-bond donors (Lipinski definition) is 1. The standard InChI is InChI=1S/C15H13NO2/c1-16-13-7-4-8-14(17)12(13)9-10-5-2-3-6-11(10)15(16)18/h2-8,17H,9H2,1H3. The van der Waals surface area contributed by atoms with Crippen molar-refractivity contribution in [2.75, 3.05) is 11.9 Å². The molecule has 0 saturated carbocycles. The number of anilines is 1. The first-order valence-electron chi connectivity index (χ1n) is 5.85. The molecule has 3 nitrogen and oxygen atoms in total. The maximum absolute atomic E-state index is 12.4. The topological polar surface area (TPSA) is 40.5 Å². The van der Waals surface area contributed by atoms with Crippen LogP contribution in [0.25, 0.3) is 0 Å². The fourth-order valence-corrected chi connectivity index (χ4v) is 2.42. The zero-order valence-electron chi connectivity index (χ0n) is 10.1. The van der Waals surface area contributed by atoms with Crippen molar-refractivity contribution in [1.29, 1.82) is 0 Å². The molecule has 0 bridgehead atoms. The summed E-state index contributed by atoms with van der Waals surface area (Å²) in [6.07, 6.45) is 0.578. The van der Waals surface area contributed by atoms with E-state index in [0.717, 1.165) is 16.8 Å². The number of fused-ring (bicyclic) bond motifs is 2. The summed E-state index contributed by atoms with van der Waals surface area (Å²) >= 11 is 0. The quantitative estimate of drug-likeness (QED) is 0.767. The second-order valence-corrected chi connectivity index (χ2v) is 4.47. The van der Waals surface area contributed by atoms with Crippen LogP contribution >= 0.6 is 0 Å². The third-order valence-corrected chi connectivity index (χ3v) is 3.41. The molecule has 18 heavy (non-hydrogen) atoms. The Morgan fingerprint density at radius 2 is 1.89 bits per heavy atom. The molecule has 0 saturated heterocycles. The van der Waals surface area contributed by atoms with E-state index < -0.39 is 0 Å². The van der Waals surface area contributed by atoms with Gasteiger partial charge in [-0.2, -0.15) is 0 Å². The van der Waals surface area contributed by atoms with Crippen molar-refractivity contribution in [3.63, 3.8) is 0 Å². The van der Waals surface area contributed by atoms with Crippen molar-refractivity contribution >= 4 is 11.6 Å². The summed E-state index contributed by atoms with van der Waals surface area (Å²) < 4.78 is 0. The van der Waals surface area contributed by atoms with Crippen LogP contribution in [0.3, 0.4) is 0 Å². The first-order chi connectivity index (χ1) is 8.68. The molecule has 2 aromatic carbocycles. The summed E-state index contributed by atoms with van der Waals surface area (Å²) in [5.74, 6) is 0.207. The highest BCUT2D eigenvalue weighted by Gasteiger charge is 2.24. The van der Waals surface area contributed by atoms with Gasteiger partial charge < -0.3 is 10.0 Å². The summed E-state index contributed by atoms with van der Waals surface area (Å²) in [7, 11) is 1.74. The second-order valence-electron chi connectivity index (χ2n) is 4.47. The van der Waals surface area contributed by atoms with Gasteiger partial charge in [-0.05, 0) is 23.8 Å². The minimum Gasteiger partial charge on any atom is -0.508 e. The Bertz CT molecular complexity index is 634. The van der Waals surface area contributed by atoms with Crippen molar-refractivity contribution in [2.24, 2.45) is 0 Å². The van der Waals surface area contributed by atoms with Crippen LogP contribution in [0, 0.1) is 0 Å². The highest BCUT2D eigenvalue weighted by atomic mass is 16.3.